The molecule has 1 fully saturated rings. The van der Waals surface area contributed by atoms with Crippen molar-refractivity contribution in [2.24, 2.45) is 5.92 Å². The number of benzene rings is 2. The molecule has 0 spiro atoms. The fourth-order valence-corrected chi connectivity index (χ4v) is 4.72. The van der Waals surface area contributed by atoms with Crippen molar-refractivity contribution in [2.45, 2.75) is 38.1 Å². The van der Waals surface area contributed by atoms with Gasteiger partial charge in [-0.3, -0.25) is 9.69 Å². The van der Waals surface area contributed by atoms with Crippen LogP contribution in [-0.4, -0.2) is 46.3 Å². The third kappa shape index (κ3) is 6.20. The number of carbonyl (C=O) groups is 1. The summed E-state index contributed by atoms with van der Waals surface area (Å²) < 4.78 is 5.48. The molecule has 1 saturated heterocycles. The van der Waals surface area contributed by atoms with Gasteiger partial charge in [-0.05, 0) is 51.4 Å². The Labute approximate surface area is 193 Å². The van der Waals surface area contributed by atoms with Crippen molar-refractivity contribution in [3.8, 4) is 11.4 Å². The maximum atomic E-state index is 12.7. The Hall–Kier alpha value is -2.64. The minimum atomic E-state index is 0.00675. The first kappa shape index (κ1) is 22.6. The van der Waals surface area contributed by atoms with Gasteiger partial charge in [0.1, 0.15) is 0 Å². The summed E-state index contributed by atoms with van der Waals surface area (Å²) in [5.41, 5.74) is 3.38. The average molecular weight is 451 g/mol. The van der Waals surface area contributed by atoms with E-state index < -0.39 is 0 Å². The summed E-state index contributed by atoms with van der Waals surface area (Å²) in [6.45, 7) is 7.05. The van der Waals surface area contributed by atoms with Crippen LogP contribution in [0.15, 0.2) is 57.9 Å². The van der Waals surface area contributed by atoms with Gasteiger partial charge in [0.25, 0.3) is 0 Å². The third-order valence-corrected chi connectivity index (χ3v) is 6.68. The molecule has 2 aromatic carbocycles. The summed E-state index contributed by atoms with van der Waals surface area (Å²) in [5.74, 6) is 2.23. The number of amides is 1. The molecule has 1 aliphatic heterocycles. The SMILES string of the molecule is Cc1ccc(SCCNC(=O)C2CCCN(Cc3nc(-c4cccc(C)c4)no3)C2)cc1. The lowest BCUT2D eigenvalue weighted by molar-refractivity contribution is -0.126. The van der Waals surface area contributed by atoms with Gasteiger partial charge < -0.3 is 9.84 Å². The number of piperidine rings is 1. The molecule has 2 heterocycles. The Morgan fingerprint density at radius 1 is 1.19 bits per heavy atom. The van der Waals surface area contributed by atoms with Gasteiger partial charge in [-0.15, -0.1) is 11.8 Å². The summed E-state index contributed by atoms with van der Waals surface area (Å²) in [6.07, 6.45) is 1.92. The second kappa shape index (κ2) is 10.8. The first-order valence-corrected chi connectivity index (χ1v) is 12.1. The van der Waals surface area contributed by atoms with E-state index in [2.05, 4.69) is 51.5 Å². The van der Waals surface area contributed by atoms with Crippen LogP contribution in [0, 0.1) is 19.8 Å². The number of likely N-dealkylation sites (tertiary alicyclic amines) is 1. The molecule has 1 amide bonds. The molecule has 0 saturated carbocycles. The summed E-state index contributed by atoms with van der Waals surface area (Å²) in [4.78, 5) is 20.7. The minimum absolute atomic E-state index is 0.00675. The predicted molar refractivity (Wildman–Crippen MR) is 127 cm³/mol. The van der Waals surface area contributed by atoms with E-state index in [-0.39, 0.29) is 11.8 Å². The van der Waals surface area contributed by atoms with Gasteiger partial charge in [-0.1, -0.05) is 46.6 Å². The summed E-state index contributed by atoms with van der Waals surface area (Å²) in [7, 11) is 0. The molecule has 1 unspecified atom stereocenters. The summed E-state index contributed by atoms with van der Waals surface area (Å²) >= 11 is 1.77. The Morgan fingerprint density at radius 2 is 2.03 bits per heavy atom. The predicted octanol–water partition coefficient (Wildman–Crippen LogP) is 4.47. The highest BCUT2D eigenvalue weighted by molar-refractivity contribution is 7.99. The number of hydrogen-bond donors (Lipinski definition) is 1. The first-order chi connectivity index (χ1) is 15.6. The van der Waals surface area contributed by atoms with Crippen molar-refractivity contribution in [2.75, 3.05) is 25.4 Å². The molecule has 1 N–H and O–H groups in total. The largest absolute Gasteiger partial charge is 0.355 e. The van der Waals surface area contributed by atoms with Crippen molar-refractivity contribution in [1.82, 2.24) is 20.4 Å². The van der Waals surface area contributed by atoms with E-state index in [4.69, 9.17) is 4.52 Å². The zero-order chi connectivity index (χ0) is 22.3. The fraction of sp³-hybridized carbons (Fsp3) is 0.400. The molecule has 0 aliphatic carbocycles. The second-order valence-corrected chi connectivity index (χ2v) is 9.58. The van der Waals surface area contributed by atoms with Crippen molar-refractivity contribution in [1.29, 1.82) is 0 Å². The quantitative estimate of drug-likeness (QED) is 0.403. The molecular weight excluding hydrogens is 420 g/mol. The Bertz CT molecular complexity index is 1030. The van der Waals surface area contributed by atoms with E-state index in [1.54, 1.807) is 11.8 Å². The van der Waals surface area contributed by atoms with E-state index >= 15 is 0 Å². The van der Waals surface area contributed by atoms with E-state index in [9.17, 15) is 4.79 Å². The molecule has 0 radical (unpaired) electrons. The minimum Gasteiger partial charge on any atom is -0.355 e. The molecular formula is C25H30N4O2S. The van der Waals surface area contributed by atoms with Crippen molar-refractivity contribution in [3.05, 3.63) is 65.5 Å². The first-order valence-electron chi connectivity index (χ1n) is 11.2. The number of hydrogen-bond acceptors (Lipinski definition) is 6. The number of aryl methyl sites for hydroxylation is 2. The Balaban J connectivity index is 1.23. The maximum absolute atomic E-state index is 12.7. The van der Waals surface area contributed by atoms with Crippen LogP contribution >= 0.6 is 11.8 Å². The van der Waals surface area contributed by atoms with E-state index in [1.165, 1.54) is 10.5 Å². The van der Waals surface area contributed by atoms with Crippen LogP contribution in [0.3, 0.4) is 0 Å². The van der Waals surface area contributed by atoms with Crippen molar-refractivity contribution in [3.63, 3.8) is 0 Å². The van der Waals surface area contributed by atoms with Gasteiger partial charge in [0.05, 0.1) is 12.5 Å². The highest BCUT2D eigenvalue weighted by Crippen LogP contribution is 2.21. The standard InChI is InChI=1S/C25H30N4O2S/c1-18-8-10-22(11-9-18)32-14-12-26-25(30)21-7-4-13-29(16-21)17-23-27-24(28-31-23)20-6-3-5-19(2)15-20/h3,5-6,8-11,15,21H,4,7,12-14,16-17H2,1-2H3,(H,26,30). The molecule has 7 heteroatoms. The molecule has 1 atom stereocenters. The Kier molecular flexibility index (Phi) is 7.60. The van der Waals surface area contributed by atoms with Gasteiger partial charge in [-0.25, -0.2) is 0 Å². The number of carbonyl (C=O) groups excluding carboxylic acids is 1. The monoisotopic (exact) mass is 450 g/mol. The van der Waals surface area contributed by atoms with E-state index in [0.717, 1.165) is 42.8 Å². The lowest BCUT2D eigenvalue weighted by atomic mass is 9.97. The van der Waals surface area contributed by atoms with Crippen LogP contribution in [-0.2, 0) is 11.3 Å². The number of thioether (sulfide) groups is 1. The normalized spacial score (nSPS) is 16.8. The zero-order valence-electron chi connectivity index (χ0n) is 18.7. The van der Waals surface area contributed by atoms with Crippen molar-refractivity contribution >= 4 is 17.7 Å². The number of rotatable bonds is 8. The van der Waals surface area contributed by atoms with Crippen LogP contribution in [0.25, 0.3) is 11.4 Å². The van der Waals surface area contributed by atoms with Crippen molar-refractivity contribution < 1.29 is 9.32 Å². The fourth-order valence-electron chi connectivity index (χ4n) is 3.95. The topological polar surface area (TPSA) is 71.3 Å². The van der Waals surface area contributed by atoms with Gasteiger partial charge >= 0.3 is 0 Å². The zero-order valence-corrected chi connectivity index (χ0v) is 19.5. The highest BCUT2D eigenvalue weighted by atomic mass is 32.2. The highest BCUT2D eigenvalue weighted by Gasteiger charge is 2.26. The van der Waals surface area contributed by atoms with E-state index in [1.807, 2.05) is 31.2 Å². The maximum Gasteiger partial charge on any atom is 0.241 e. The van der Waals surface area contributed by atoms with E-state index in [0.29, 0.717) is 24.8 Å². The van der Waals surface area contributed by atoms with Crippen LogP contribution in [0.4, 0.5) is 0 Å². The molecule has 1 aromatic heterocycles. The molecule has 6 nitrogen and oxygen atoms in total. The smallest absolute Gasteiger partial charge is 0.241 e. The number of aromatic nitrogens is 2. The van der Waals surface area contributed by atoms with Crippen LogP contribution < -0.4 is 5.32 Å². The lowest BCUT2D eigenvalue weighted by Gasteiger charge is -2.30. The molecule has 1 aliphatic rings. The van der Waals surface area contributed by atoms with Crippen LogP contribution in [0.1, 0.15) is 29.9 Å². The van der Waals surface area contributed by atoms with Gasteiger partial charge in [0.15, 0.2) is 0 Å². The summed E-state index contributed by atoms with van der Waals surface area (Å²) in [6, 6.07) is 16.6. The number of nitrogens with one attached hydrogen (secondary N) is 1. The second-order valence-electron chi connectivity index (χ2n) is 8.41. The molecule has 4 rings (SSSR count). The van der Waals surface area contributed by atoms with Gasteiger partial charge in [0.2, 0.25) is 17.6 Å². The van der Waals surface area contributed by atoms with Crippen LogP contribution in [0.2, 0.25) is 0 Å². The van der Waals surface area contributed by atoms with Gasteiger partial charge in [0, 0.05) is 29.3 Å². The lowest BCUT2D eigenvalue weighted by Crippen LogP contribution is -2.43. The van der Waals surface area contributed by atoms with Crippen LogP contribution in [0.5, 0.6) is 0 Å². The molecule has 0 bridgehead atoms. The average Bonchev–Trinajstić information content (AvgIpc) is 3.26. The molecule has 168 valence electrons. The number of nitrogens with zero attached hydrogens (tertiary/aromatic N) is 3. The van der Waals surface area contributed by atoms with Gasteiger partial charge in [-0.2, -0.15) is 4.98 Å². The third-order valence-electron chi connectivity index (χ3n) is 5.67. The molecule has 3 aromatic rings. The summed E-state index contributed by atoms with van der Waals surface area (Å²) in [5, 5.41) is 7.24. The molecule has 32 heavy (non-hydrogen) atoms. The Morgan fingerprint density at radius 3 is 2.84 bits per heavy atom.